The van der Waals surface area contributed by atoms with E-state index in [9.17, 15) is 4.79 Å². The zero-order valence-corrected chi connectivity index (χ0v) is 17.4. The number of rotatable bonds is 6. The van der Waals surface area contributed by atoms with E-state index in [0.29, 0.717) is 37.7 Å². The summed E-state index contributed by atoms with van der Waals surface area (Å²) in [5.74, 6) is 0.563. The zero-order chi connectivity index (χ0) is 21.2. The molecule has 0 saturated carbocycles. The summed E-state index contributed by atoms with van der Waals surface area (Å²) in [4.78, 5) is 22.9. The SMILES string of the molecule is CCOC(=O)Cc1nnc(N2CCc3nc(NC4Cc5ccccc5C4)ncc3C2)o1. The lowest BCUT2D eigenvalue weighted by atomic mass is 10.1. The van der Waals surface area contributed by atoms with Crippen LogP contribution in [-0.4, -0.2) is 45.3 Å². The number of anilines is 2. The van der Waals surface area contributed by atoms with E-state index in [0.717, 1.165) is 30.5 Å². The molecule has 31 heavy (non-hydrogen) atoms. The number of nitrogens with zero attached hydrogens (tertiary/aromatic N) is 5. The number of hydrogen-bond acceptors (Lipinski definition) is 9. The molecule has 9 nitrogen and oxygen atoms in total. The number of hydrogen-bond donors (Lipinski definition) is 1. The maximum absolute atomic E-state index is 11.6. The summed E-state index contributed by atoms with van der Waals surface area (Å²) in [5, 5.41) is 11.5. The second kappa shape index (κ2) is 8.33. The van der Waals surface area contributed by atoms with E-state index in [1.54, 1.807) is 6.92 Å². The minimum atomic E-state index is -0.375. The van der Waals surface area contributed by atoms with Crippen molar-refractivity contribution in [3.63, 3.8) is 0 Å². The molecule has 160 valence electrons. The number of benzene rings is 1. The largest absolute Gasteiger partial charge is 0.466 e. The van der Waals surface area contributed by atoms with E-state index < -0.39 is 0 Å². The molecular weight excluding hydrogens is 396 g/mol. The third kappa shape index (κ3) is 4.21. The van der Waals surface area contributed by atoms with Gasteiger partial charge in [-0.2, -0.15) is 0 Å². The Morgan fingerprint density at radius 3 is 2.81 bits per heavy atom. The fourth-order valence-electron chi connectivity index (χ4n) is 4.17. The zero-order valence-electron chi connectivity index (χ0n) is 17.4. The molecule has 2 aromatic heterocycles. The Bertz CT molecular complexity index is 1070. The molecule has 1 aromatic carbocycles. The molecular formula is C22H24N6O3. The molecule has 1 aliphatic heterocycles. The van der Waals surface area contributed by atoms with E-state index in [1.807, 2.05) is 11.1 Å². The summed E-state index contributed by atoms with van der Waals surface area (Å²) in [7, 11) is 0. The Labute approximate surface area is 179 Å². The summed E-state index contributed by atoms with van der Waals surface area (Å²) in [6.45, 7) is 3.39. The first-order valence-electron chi connectivity index (χ1n) is 10.6. The number of esters is 1. The predicted octanol–water partition coefficient (Wildman–Crippen LogP) is 2.11. The topological polar surface area (TPSA) is 106 Å². The van der Waals surface area contributed by atoms with Gasteiger partial charge in [0.15, 0.2) is 0 Å². The maximum atomic E-state index is 11.6. The van der Waals surface area contributed by atoms with Gasteiger partial charge in [0, 0.05) is 30.8 Å². The number of carbonyl (C=O) groups excluding carboxylic acids is 1. The lowest BCUT2D eigenvalue weighted by Gasteiger charge is -2.26. The van der Waals surface area contributed by atoms with Crippen molar-refractivity contribution in [3.8, 4) is 0 Å². The molecule has 0 fully saturated rings. The van der Waals surface area contributed by atoms with Gasteiger partial charge in [0.1, 0.15) is 6.42 Å². The summed E-state index contributed by atoms with van der Waals surface area (Å²) in [6, 6.07) is 9.28. The fraction of sp³-hybridized carbons (Fsp3) is 0.409. The van der Waals surface area contributed by atoms with Crippen molar-refractivity contribution in [3.05, 3.63) is 58.7 Å². The summed E-state index contributed by atoms with van der Waals surface area (Å²) in [5.41, 5.74) is 4.87. The third-order valence-corrected chi connectivity index (χ3v) is 5.65. The minimum Gasteiger partial charge on any atom is -0.466 e. The van der Waals surface area contributed by atoms with Crippen LogP contribution in [0.1, 0.15) is 35.2 Å². The van der Waals surface area contributed by atoms with Crippen molar-refractivity contribution in [1.82, 2.24) is 20.2 Å². The smallest absolute Gasteiger partial charge is 0.318 e. The van der Waals surface area contributed by atoms with Gasteiger partial charge >= 0.3 is 12.0 Å². The van der Waals surface area contributed by atoms with E-state index in [4.69, 9.17) is 14.1 Å². The van der Waals surface area contributed by atoms with Crippen molar-refractivity contribution >= 4 is 17.9 Å². The molecule has 1 N–H and O–H groups in total. The Balaban J connectivity index is 1.22. The summed E-state index contributed by atoms with van der Waals surface area (Å²) >= 11 is 0. The third-order valence-electron chi connectivity index (χ3n) is 5.65. The molecule has 0 spiro atoms. The van der Waals surface area contributed by atoms with Gasteiger partial charge < -0.3 is 19.4 Å². The van der Waals surface area contributed by atoms with Crippen LogP contribution in [0.25, 0.3) is 0 Å². The first kappa shape index (κ1) is 19.5. The normalized spacial score (nSPS) is 15.5. The van der Waals surface area contributed by atoms with E-state index >= 15 is 0 Å². The average molecular weight is 420 g/mol. The summed E-state index contributed by atoms with van der Waals surface area (Å²) < 4.78 is 10.6. The Hall–Kier alpha value is -3.49. The van der Waals surface area contributed by atoms with Gasteiger partial charge in [0.25, 0.3) is 0 Å². The van der Waals surface area contributed by atoms with Gasteiger partial charge in [-0.3, -0.25) is 4.79 Å². The number of ether oxygens (including phenoxy) is 1. The molecule has 9 heteroatoms. The Kier molecular flexibility index (Phi) is 5.23. The first-order valence-corrected chi connectivity index (χ1v) is 10.6. The Morgan fingerprint density at radius 1 is 1.23 bits per heavy atom. The number of nitrogens with one attached hydrogen (secondary N) is 1. The standard InChI is InChI=1S/C22H24N6O3/c1-2-30-20(29)11-19-26-27-22(31-19)28-8-7-18-16(13-28)12-23-21(25-18)24-17-9-14-5-3-4-6-15(14)10-17/h3-6,12,17H,2,7-11,13H2,1H3,(H,23,24,25). The van der Waals surface area contributed by atoms with Crippen molar-refractivity contribution in [2.75, 3.05) is 23.4 Å². The molecule has 5 rings (SSSR count). The molecule has 2 aliphatic rings. The fourth-order valence-corrected chi connectivity index (χ4v) is 4.17. The van der Waals surface area contributed by atoms with E-state index in [1.165, 1.54) is 11.1 Å². The predicted molar refractivity (Wildman–Crippen MR) is 113 cm³/mol. The highest BCUT2D eigenvalue weighted by atomic mass is 16.5. The molecule has 0 saturated heterocycles. The maximum Gasteiger partial charge on any atom is 0.318 e. The molecule has 1 aliphatic carbocycles. The molecule has 0 amide bonds. The molecule has 3 heterocycles. The van der Waals surface area contributed by atoms with Crippen LogP contribution in [0.3, 0.4) is 0 Å². The lowest BCUT2D eigenvalue weighted by Crippen LogP contribution is -2.32. The van der Waals surface area contributed by atoms with Gasteiger partial charge in [-0.15, -0.1) is 5.10 Å². The first-order chi connectivity index (χ1) is 15.2. The van der Waals surface area contributed by atoms with Crippen molar-refractivity contribution in [2.24, 2.45) is 0 Å². The van der Waals surface area contributed by atoms with Gasteiger partial charge in [-0.25, -0.2) is 9.97 Å². The van der Waals surface area contributed by atoms with E-state index in [-0.39, 0.29) is 18.3 Å². The number of carbonyl (C=O) groups is 1. The molecule has 0 atom stereocenters. The number of fused-ring (bicyclic) bond motifs is 2. The van der Waals surface area contributed by atoms with Crippen LogP contribution >= 0.6 is 0 Å². The van der Waals surface area contributed by atoms with Crippen LogP contribution in [0.5, 0.6) is 0 Å². The molecule has 0 unspecified atom stereocenters. The van der Waals surface area contributed by atoms with Crippen LogP contribution in [-0.2, 0) is 41.8 Å². The van der Waals surface area contributed by atoms with Crippen LogP contribution in [0, 0.1) is 0 Å². The van der Waals surface area contributed by atoms with Crippen LogP contribution in [0.15, 0.2) is 34.9 Å². The highest BCUT2D eigenvalue weighted by molar-refractivity contribution is 5.71. The summed E-state index contributed by atoms with van der Waals surface area (Å²) in [6.07, 6.45) is 4.60. The van der Waals surface area contributed by atoms with Gasteiger partial charge in [-0.05, 0) is 30.9 Å². The molecule has 0 bridgehead atoms. The minimum absolute atomic E-state index is 0.0194. The second-order valence-corrected chi connectivity index (χ2v) is 7.82. The monoisotopic (exact) mass is 420 g/mol. The van der Waals surface area contributed by atoms with Gasteiger partial charge in [0.05, 0.1) is 18.8 Å². The van der Waals surface area contributed by atoms with Crippen LogP contribution < -0.4 is 10.2 Å². The highest BCUT2D eigenvalue weighted by Gasteiger charge is 2.25. The number of aromatic nitrogens is 4. The van der Waals surface area contributed by atoms with Crippen LogP contribution in [0.4, 0.5) is 12.0 Å². The molecule has 0 radical (unpaired) electrons. The van der Waals surface area contributed by atoms with Crippen molar-refractivity contribution < 1.29 is 13.9 Å². The van der Waals surface area contributed by atoms with Crippen molar-refractivity contribution in [1.29, 1.82) is 0 Å². The highest BCUT2D eigenvalue weighted by Crippen LogP contribution is 2.26. The second-order valence-electron chi connectivity index (χ2n) is 7.82. The lowest BCUT2D eigenvalue weighted by molar-refractivity contribution is -0.142. The van der Waals surface area contributed by atoms with Gasteiger partial charge in [0.2, 0.25) is 11.8 Å². The van der Waals surface area contributed by atoms with Crippen molar-refractivity contribution in [2.45, 2.75) is 45.2 Å². The molecule has 3 aromatic rings. The van der Waals surface area contributed by atoms with E-state index in [2.05, 4.69) is 44.8 Å². The quantitative estimate of drug-likeness (QED) is 0.600. The van der Waals surface area contributed by atoms with Gasteiger partial charge in [-0.1, -0.05) is 29.4 Å². The average Bonchev–Trinajstić information content (AvgIpc) is 3.40. The Morgan fingerprint density at radius 2 is 2.03 bits per heavy atom. The van der Waals surface area contributed by atoms with Crippen LogP contribution in [0.2, 0.25) is 0 Å².